The van der Waals surface area contributed by atoms with Crippen LogP contribution in [-0.4, -0.2) is 20.2 Å². The van der Waals surface area contributed by atoms with Gasteiger partial charge in [-0.15, -0.1) is 12.4 Å². The summed E-state index contributed by atoms with van der Waals surface area (Å²) in [6.45, 7) is 2.35. The molecule has 0 unspecified atom stereocenters. The Balaban J connectivity index is 0.00000128. The SMILES string of the molecule is COc1cccc(C[C@H]2CCCNC2)c1.Cl. The van der Waals surface area contributed by atoms with E-state index in [1.54, 1.807) is 7.11 Å². The lowest BCUT2D eigenvalue weighted by Crippen LogP contribution is -2.30. The summed E-state index contributed by atoms with van der Waals surface area (Å²) in [5.41, 5.74) is 1.39. The molecule has 0 bridgehead atoms. The van der Waals surface area contributed by atoms with Crippen LogP contribution in [0.15, 0.2) is 24.3 Å². The monoisotopic (exact) mass is 241 g/mol. The van der Waals surface area contributed by atoms with Gasteiger partial charge in [-0.25, -0.2) is 0 Å². The minimum Gasteiger partial charge on any atom is -0.497 e. The Hall–Kier alpha value is -0.730. The fourth-order valence-electron chi connectivity index (χ4n) is 2.23. The highest BCUT2D eigenvalue weighted by Gasteiger charge is 2.13. The van der Waals surface area contributed by atoms with Crippen molar-refractivity contribution >= 4 is 12.4 Å². The summed E-state index contributed by atoms with van der Waals surface area (Å²) in [6.07, 6.45) is 3.84. The molecule has 1 atom stereocenters. The van der Waals surface area contributed by atoms with Gasteiger partial charge in [0, 0.05) is 0 Å². The van der Waals surface area contributed by atoms with E-state index >= 15 is 0 Å². The van der Waals surface area contributed by atoms with Crippen molar-refractivity contribution in [2.75, 3.05) is 20.2 Å². The summed E-state index contributed by atoms with van der Waals surface area (Å²) >= 11 is 0. The number of piperidine rings is 1. The van der Waals surface area contributed by atoms with Gasteiger partial charge in [0.2, 0.25) is 0 Å². The number of nitrogens with one attached hydrogen (secondary N) is 1. The molecule has 1 heterocycles. The Bertz CT molecular complexity index is 311. The van der Waals surface area contributed by atoms with E-state index in [1.165, 1.54) is 31.4 Å². The van der Waals surface area contributed by atoms with Crippen molar-refractivity contribution in [3.05, 3.63) is 29.8 Å². The minimum atomic E-state index is 0. The van der Waals surface area contributed by atoms with Crippen molar-refractivity contribution < 1.29 is 4.74 Å². The Labute approximate surface area is 104 Å². The molecule has 2 rings (SSSR count). The maximum Gasteiger partial charge on any atom is 0.119 e. The molecule has 1 saturated heterocycles. The first-order chi connectivity index (χ1) is 7.38. The third kappa shape index (κ3) is 3.69. The van der Waals surface area contributed by atoms with Gasteiger partial charge in [0.05, 0.1) is 7.11 Å². The number of hydrogen-bond donors (Lipinski definition) is 1. The maximum atomic E-state index is 5.23. The highest BCUT2D eigenvalue weighted by Crippen LogP contribution is 2.19. The van der Waals surface area contributed by atoms with Crippen LogP contribution in [0.25, 0.3) is 0 Å². The van der Waals surface area contributed by atoms with Crippen molar-refractivity contribution in [1.29, 1.82) is 0 Å². The molecular weight excluding hydrogens is 222 g/mol. The molecule has 1 fully saturated rings. The van der Waals surface area contributed by atoms with Crippen molar-refractivity contribution in [3.63, 3.8) is 0 Å². The Kier molecular flexibility index (Phi) is 5.64. The predicted octanol–water partition coefficient (Wildman–Crippen LogP) is 2.66. The molecule has 1 N–H and O–H groups in total. The van der Waals surface area contributed by atoms with E-state index in [1.807, 2.05) is 6.07 Å². The first-order valence-corrected chi connectivity index (χ1v) is 5.72. The first kappa shape index (κ1) is 13.3. The summed E-state index contributed by atoms with van der Waals surface area (Å²) in [4.78, 5) is 0. The molecular formula is C13H20ClNO. The zero-order valence-electron chi connectivity index (χ0n) is 9.74. The van der Waals surface area contributed by atoms with E-state index in [9.17, 15) is 0 Å². The van der Waals surface area contributed by atoms with Crippen LogP contribution >= 0.6 is 12.4 Å². The van der Waals surface area contributed by atoms with E-state index in [0.29, 0.717) is 0 Å². The van der Waals surface area contributed by atoms with Gasteiger partial charge in [-0.3, -0.25) is 0 Å². The van der Waals surface area contributed by atoms with E-state index < -0.39 is 0 Å². The Morgan fingerprint density at radius 1 is 1.44 bits per heavy atom. The van der Waals surface area contributed by atoms with Crippen molar-refractivity contribution in [1.82, 2.24) is 5.32 Å². The molecule has 90 valence electrons. The van der Waals surface area contributed by atoms with E-state index in [0.717, 1.165) is 18.2 Å². The summed E-state index contributed by atoms with van der Waals surface area (Å²) in [5.74, 6) is 1.77. The molecule has 0 amide bonds. The summed E-state index contributed by atoms with van der Waals surface area (Å²) < 4.78 is 5.23. The highest BCUT2D eigenvalue weighted by molar-refractivity contribution is 5.85. The molecule has 1 aromatic carbocycles. The second-order valence-corrected chi connectivity index (χ2v) is 4.27. The smallest absolute Gasteiger partial charge is 0.119 e. The maximum absolute atomic E-state index is 5.23. The molecule has 1 aliphatic rings. The zero-order valence-corrected chi connectivity index (χ0v) is 10.6. The average molecular weight is 242 g/mol. The van der Waals surface area contributed by atoms with Crippen LogP contribution < -0.4 is 10.1 Å². The van der Waals surface area contributed by atoms with Gasteiger partial charge in [-0.2, -0.15) is 0 Å². The number of benzene rings is 1. The minimum absolute atomic E-state index is 0. The number of methoxy groups -OCH3 is 1. The number of rotatable bonds is 3. The molecule has 0 spiro atoms. The third-order valence-electron chi connectivity index (χ3n) is 3.06. The molecule has 2 nitrogen and oxygen atoms in total. The summed E-state index contributed by atoms with van der Waals surface area (Å²) in [5, 5.41) is 3.45. The topological polar surface area (TPSA) is 21.3 Å². The van der Waals surface area contributed by atoms with Gasteiger partial charge in [0.25, 0.3) is 0 Å². The largest absolute Gasteiger partial charge is 0.497 e. The lowest BCUT2D eigenvalue weighted by Gasteiger charge is -2.22. The van der Waals surface area contributed by atoms with E-state index in [4.69, 9.17) is 4.74 Å². The van der Waals surface area contributed by atoms with Crippen LogP contribution in [0.4, 0.5) is 0 Å². The lowest BCUT2D eigenvalue weighted by molar-refractivity contribution is 0.374. The highest BCUT2D eigenvalue weighted by atomic mass is 35.5. The van der Waals surface area contributed by atoms with Gasteiger partial charge < -0.3 is 10.1 Å². The first-order valence-electron chi connectivity index (χ1n) is 5.72. The van der Waals surface area contributed by atoms with Crippen LogP contribution in [-0.2, 0) is 6.42 Å². The summed E-state index contributed by atoms with van der Waals surface area (Å²) in [6, 6.07) is 8.42. The number of ether oxygens (including phenoxy) is 1. The van der Waals surface area contributed by atoms with Crippen molar-refractivity contribution in [2.24, 2.45) is 5.92 Å². The molecule has 0 radical (unpaired) electrons. The van der Waals surface area contributed by atoms with Crippen LogP contribution in [0.1, 0.15) is 18.4 Å². The van der Waals surface area contributed by atoms with Crippen LogP contribution in [0, 0.1) is 5.92 Å². The van der Waals surface area contributed by atoms with Gasteiger partial charge in [0.15, 0.2) is 0 Å². The zero-order chi connectivity index (χ0) is 10.5. The van der Waals surface area contributed by atoms with Gasteiger partial charge in [-0.1, -0.05) is 12.1 Å². The Morgan fingerprint density at radius 3 is 3.00 bits per heavy atom. The average Bonchev–Trinajstić information content (AvgIpc) is 2.31. The van der Waals surface area contributed by atoms with Crippen LogP contribution in [0.3, 0.4) is 0 Å². The molecule has 1 aromatic rings. The quantitative estimate of drug-likeness (QED) is 0.879. The fraction of sp³-hybridized carbons (Fsp3) is 0.538. The van der Waals surface area contributed by atoms with Crippen LogP contribution in [0.5, 0.6) is 5.75 Å². The summed E-state index contributed by atoms with van der Waals surface area (Å²) in [7, 11) is 1.72. The van der Waals surface area contributed by atoms with Crippen molar-refractivity contribution in [3.8, 4) is 5.75 Å². The molecule has 0 saturated carbocycles. The van der Waals surface area contributed by atoms with Crippen LogP contribution in [0.2, 0.25) is 0 Å². The standard InChI is InChI=1S/C13H19NO.ClH/c1-15-13-6-2-4-11(9-13)8-12-5-3-7-14-10-12;/h2,4,6,9,12,14H,3,5,7-8,10H2,1H3;1H/t12-;/m1./s1. The second kappa shape index (κ2) is 6.77. The molecule has 0 aromatic heterocycles. The molecule has 16 heavy (non-hydrogen) atoms. The predicted molar refractivity (Wildman–Crippen MR) is 69.5 cm³/mol. The van der Waals surface area contributed by atoms with E-state index in [2.05, 4.69) is 23.5 Å². The van der Waals surface area contributed by atoms with Crippen molar-refractivity contribution in [2.45, 2.75) is 19.3 Å². The molecule has 1 aliphatic heterocycles. The fourth-order valence-corrected chi connectivity index (χ4v) is 2.23. The second-order valence-electron chi connectivity index (χ2n) is 4.27. The molecule has 0 aliphatic carbocycles. The van der Waals surface area contributed by atoms with Gasteiger partial charge >= 0.3 is 0 Å². The normalized spacial score (nSPS) is 19.9. The number of hydrogen-bond acceptors (Lipinski definition) is 2. The lowest BCUT2D eigenvalue weighted by atomic mass is 9.92. The van der Waals surface area contributed by atoms with Gasteiger partial charge in [-0.05, 0) is 56.0 Å². The third-order valence-corrected chi connectivity index (χ3v) is 3.06. The Morgan fingerprint density at radius 2 is 2.31 bits per heavy atom. The van der Waals surface area contributed by atoms with E-state index in [-0.39, 0.29) is 12.4 Å². The van der Waals surface area contributed by atoms with Gasteiger partial charge in [0.1, 0.15) is 5.75 Å². The number of halogens is 1. The molecule has 3 heteroatoms.